The molecule has 3 rings (SSSR count). The molecular formula is C16H18N2O3. The summed E-state index contributed by atoms with van der Waals surface area (Å²) in [5.74, 6) is 0.389. The Balaban J connectivity index is 1.82. The van der Waals surface area contributed by atoms with Gasteiger partial charge in [-0.25, -0.2) is 9.78 Å². The minimum absolute atomic E-state index is 0.0428. The first-order valence-electron chi connectivity index (χ1n) is 7.18. The molecule has 0 radical (unpaired) electrons. The van der Waals surface area contributed by atoms with Crippen molar-refractivity contribution in [2.45, 2.75) is 38.6 Å². The molecule has 0 spiro atoms. The highest BCUT2D eigenvalue weighted by atomic mass is 16.4. The van der Waals surface area contributed by atoms with Crippen LogP contribution in [0.4, 0.5) is 5.82 Å². The van der Waals surface area contributed by atoms with Crippen LogP contribution in [0.2, 0.25) is 0 Å². The lowest BCUT2D eigenvalue weighted by atomic mass is 10.1. The maximum absolute atomic E-state index is 11.4. The number of fused-ring (bicyclic) bond motifs is 1. The Hall–Kier alpha value is -2.30. The average molecular weight is 286 g/mol. The predicted molar refractivity (Wildman–Crippen MR) is 78.7 cm³/mol. The number of hydrogen-bond donors (Lipinski definition) is 2. The van der Waals surface area contributed by atoms with Gasteiger partial charge < -0.3 is 14.8 Å². The number of carboxylic acid groups (broad SMARTS) is 1. The first kappa shape index (κ1) is 13.7. The first-order chi connectivity index (χ1) is 10.1. The highest BCUT2D eigenvalue weighted by molar-refractivity contribution is 5.93. The van der Waals surface area contributed by atoms with E-state index in [1.807, 2.05) is 19.1 Å². The molecule has 1 aliphatic rings. The second-order valence-electron chi connectivity index (χ2n) is 5.48. The van der Waals surface area contributed by atoms with Crippen LogP contribution in [-0.4, -0.2) is 22.1 Å². The maximum Gasteiger partial charge on any atom is 0.339 e. The Bertz CT molecular complexity index is 650. The van der Waals surface area contributed by atoms with Gasteiger partial charge in [-0.05, 0) is 49.9 Å². The van der Waals surface area contributed by atoms with Crippen LogP contribution in [0.1, 0.15) is 40.7 Å². The van der Waals surface area contributed by atoms with Crippen LogP contribution in [-0.2, 0) is 19.3 Å². The topological polar surface area (TPSA) is 75.4 Å². The highest BCUT2D eigenvalue weighted by Gasteiger charge is 2.21. The SMILES string of the molecule is CC(Cc1ccco1)Nc1nc2c(cc1C(=O)O)CCC2. The summed E-state index contributed by atoms with van der Waals surface area (Å²) in [6.45, 7) is 1.99. The number of nitrogens with zero attached hydrogens (tertiary/aromatic N) is 1. The molecule has 0 aliphatic heterocycles. The number of aromatic nitrogens is 1. The standard InChI is InChI=1S/C16H18N2O3/c1-10(8-12-5-3-7-21-12)17-15-13(16(19)20)9-11-4-2-6-14(11)18-15/h3,5,7,9-10H,2,4,6,8H2,1H3,(H,17,18)(H,19,20). The van der Waals surface area contributed by atoms with Crippen molar-refractivity contribution in [3.63, 3.8) is 0 Å². The van der Waals surface area contributed by atoms with Gasteiger partial charge in [-0.2, -0.15) is 0 Å². The van der Waals surface area contributed by atoms with Crippen molar-refractivity contribution >= 4 is 11.8 Å². The van der Waals surface area contributed by atoms with Gasteiger partial charge in [0.25, 0.3) is 0 Å². The zero-order chi connectivity index (χ0) is 14.8. The highest BCUT2D eigenvalue weighted by Crippen LogP contribution is 2.26. The van der Waals surface area contributed by atoms with Crippen molar-refractivity contribution in [1.29, 1.82) is 0 Å². The van der Waals surface area contributed by atoms with Crippen molar-refractivity contribution < 1.29 is 14.3 Å². The first-order valence-corrected chi connectivity index (χ1v) is 7.18. The van der Waals surface area contributed by atoms with E-state index >= 15 is 0 Å². The molecule has 0 fully saturated rings. The molecule has 0 bridgehead atoms. The Morgan fingerprint density at radius 3 is 3.10 bits per heavy atom. The molecule has 21 heavy (non-hydrogen) atoms. The van der Waals surface area contributed by atoms with Crippen LogP contribution in [0.15, 0.2) is 28.9 Å². The summed E-state index contributed by atoms with van der Waals surface area (Å²) >= 11 is 0. The van der Waals surface area contributed by atoms with Gasteiger partial charge in [-0.15, -0.1) is 0 Å². The predicted octanol–water partition coefficient (Wildman–Crippen LogP) is 2.90. The van der Waals surface area contributed by atoms with Gasteiger partial charge in [-0.3, -0.25) is 0 Å². The lowest BCUT2D eigenvalue weighted by Gasteiger charge is -2.16. The molecule has 1 aliphatic carbocycles. The van der Waals surface area contributed by atoms with Gasteiger partial charge in [0.2, 0.25) is 0 Å². The molecule has 2 heterocycles. The fraction of sp³-hybridized carbons (Fsp3) is 0.375. The molecule has 5 heteroatoms. The Labute approximate surface area is 123 Å². The van der Waals surface area contributed by atoms with E-state index in [0.29, 0.717) is 12.2 Å². The van der Waals surface area contributed by atoms with Crippen LogP contribution in [0, 0.1) is 0 Å². The summed E-state index contributed by atoms with van der Waals surface area (Å²) in [6.07, 6.45) is 5.22. The number of carbonyl (C=O) groups is 1. The Morgan fingerprint density at radius 2 is 2.38 bits per heavy atom. The van der Waals surface area contributed by atoms with E-state index in [-0.39, 0.29) is 11.6 Å². The molecule has 2 aromatic rings. The second kappa shape index (κ2) is 5.60. The van der Waals surface area contributed by atoms with Gasteiger partial charge in [0.1, 0.15) is 17.1 Å². The van der Waals surface area contributed by atoms with Crippen LogP contribution in [0.25, 0.3) is 0 Å². The van der Waals surface area contributed by atoms with Crippen molar-refractivity contribution in [2.75, 3.05) is 5.32 Å². The second-order valence-corrected chi connectivity index (χ2v) is 5.48. The van der Waals surface area contributed by atoms with Crippen LogP contribution in [0.5, 0.6) is 0 Å². The molecule has 0 saturated heterocycles. The largest absolute Gasteiger partial charge is 0.478 e. The van der Waals surface area contributed by atoms with Crippen LogP contribution < -0.4 is 5.32 Å². The average Bonchev–Trinajstić information content (AvgIpc) is 3.07. The van der Waals surface area contributed by atoms with E-state index in [0.717, 1.165) is 36.3 Å². The maximum atomic E-state index is 11.4. The number of nitrogens with one attached hydrogen (secondary N) is 1. The van der Waals surface area contributed by atoms with Crippen molar-refractivity contribution in [3.8, 4) is 0 Å². The zero-order valence-electron chi connectivity index (χ0n) is 11.9. The molecule has 0 aromatic carbocycles. The quantitative estimate of drug-likeness (QED) is 0.884. The normalized spacial score (nSPS) is 14.7. The van der Waals surface area contributed by atoms with Crippen molar-refractivity contribution in [2.24, 2.45) is 0 Å². The molecule has 110 valence electrons. The van der Waals surface area contributed by atoms with E-state index in [2.05, 4.69) is 10.3 Å². The summed E-state index contributed by atoms with van der Waals surface area (Å²) < 4.78 is 5.32. The molecule has 5 nitrogen and oxygen atoms in total. The zero-order valence-corrected chi connectivity index (χ0v) is 11.9. The summed E-state index contributed by atoms with van der Waals surface area (Å²) in [5.41, 5.74) is 2.34. The van der Waals surface area contributed by atoms with E-state index < -0.39 is 5.97 Å². The Kier molecular flexibility index (Phi) is 3.64. The van der Waals surface area contributed by atoms with E-state index in [9.17, 15) is 9.90 Å². The summed E-state index contributed by atoms with van der Waals surface area (Å²) in [7, 11) is 0. The van der Waals surface area contributed by atoms with Crippen LogP contribution >= 0.6 is 0 Å². The van der Waals surface area contributed by atoms with E-state index in [1.54, 1.807) is 12.3 Å². The fourth-order valence-electron chi connectivity index (χ4n) is 2.76. The smallest absolute Gasteiger partial charge is 0.339 e. The van der Waals surface area contributed by atoms with Gasteiger partial charge in [-0.1, -0.05) is 0 Å². The number of aryl methyl sites for hydroxylation is 2. The molecule has 2 N–H and O–H groups in total. The summed E-state index contributed by atoms with van der Waals surface area (Å²) in [6, 6.07) is 5.56. The number of rotatable bonds is 5. The molecule has 1 atom stereocenters. The minimum Gasteiger partial charge on any atom is -0.478 e. The molecule has 0 saturated carbocycles. The van der Waals surface area contributed by atoms with Gasteiger partial charge >= 0.3 is 5.97 Å². The van der Waals surface area contributed by atoms with Gasteiger partial charge in [0, 0.05) is 18.2 Å². The van der Waals surface area contributed by atoms with Crippen LogP contribution in [0.3, 0.4) is 0 Å². The van der Waals surface area contributed by atoms with Gasteiger partial charge in [0.15, 0.2) is 0 Å². The van der Waals surface area contributed by atoms with Crippen molar-refractivity contribution in [3.05, 3.63) is 47.0 Å². The number of hydrogen-bond acceptors (Lipinski definition) is 4. The van der Waals surface area contributed by atoms with E-state index in [4.69, 9.17) is 4.42 Å². The number of aromatic carboxylic acids is 1. The number of anilines is 1. The van der Waals surface area contributed by atoms with Gasteiger partial charge in [0.05, 0.1) is 6.26 Å². The van der Waals surface area contributed by atoms with Crippen molar-refractivity contribution in [1.82, 2.24) is 4.98 Å². The summed E-state index contributed by atoms with van der Waals surface area (Å²) in [4.78, 5) is 15.9. The van der Waals surface area contributed by atoms with E-state index in [1.165, 1.54) is 0 Å². The monoisotopic (exact) mass is 286 g/mol. The lowest BCUT2D eigenvalue weighted by molar-refractivity contribution is 0.0697. The fourth-order valence-corrected chi connectivity index (χ4v) is 2.76. The number of pyridine rings is 1. The number of furan rings is 1. The molecular weight excluding hydrogens is 268 g/mol. The molecule has 2 aromatic heterocycles. The molecule has 1 unspecified atom stereocenters. The molecule has 0 amide bonds. The third-order valence-electron chi connectivity index (χ3n) is 3.75. The third-order valence-corrected chi connectivity index (χ3v) is 3.75. The third kappa shape index (κ3) is 2.91. The summed E-state index contributed by atoms with van der Waals surface area (Å²) in [5, 5.41) is 12.6. The Morgan fingerprint density at radius 1 is 1.52 bits per heavy atom. The number of carboxylic acids is 1. The lowest BCUT2D eigenvalue weighted by Crippen LogP contribution is -2.21. The minimum atomic E-state index is -0.940.